The zero-order valence-electron chi connectivity index (χ0n) is 16.9. The molecule has 2 aromatic heterocycles. The van der Waals surface area contributed by atoms with Crippen molar-refractivity contribution < 1.29 is 14.3 Å². The van der Waals surface area contributed by atoms with Crippen LogP contribution >= 0.6 is 11.3 Å². The van der Waals surface area contributed by atoms with E-state index in [2.05, 4.69) is 10.1 Å². The van der Waals surface area contributed by atoms with Crippen LogP contribution in [0.1, 0.15) is 24.1 Å². The molecule has 30 heavy (non-hydrogen) atoms. The van der Waals surface area contributed by atoms with Crippen molar-refractivity contribution >= 4 is 23.4 Å². The molecule has 0 saturated carbocycles. The van der Waals surface area contributed by atoms with Gasteiger partial charge in [0.2, 0.25) is 0 Å². The molecule has 0 radical (unpaired) electrons. The van der Waals surface area contributed by atoms with Gasteiger partial charge in [0.15, 0.2) is 4.80 Å². The molecule has 0 spiro atoms. The number of rotatable bonds is 4. The minimum absolute atomic E-state index is 0.225. The minimum Gasteiger partial charge on any atom is -0.497 e. The molecule has 0 saturated heterocycles. The third kappa shape index (κ3) is 3.37. The maximum atomic E-state index is 13.4. The fourth-order valence-electron chi connectivity index (χ4n) is 3.46. The van der Waals surface area contributed by atoms with Gasteiger partial charge in [0, 0.05) is 18.8 Å². The van der Waals surface area contributed by atoms with E-state index in [1.54, 1.807) is 47.7 Å². The number of hydrogen-bond acceptors (Lipinski definition) is 7. The lowest BCUT2D eigenvalue weighted by Gasteiger charge is -2.24. The van der Waals surface area contributed by atoms with E-state index in [1.165, 1.54) is 18.4 Å². The Morgan fingerprint density at radius 2 is 1.97 bits per heavy atom. The van der Waals surface area contributed by atoms with Crippen molar-refractivity contribution in [1.82, 2.24) is 14.3 Å². The number of carbonyl (C=O) groups is 1. The maximum Gasteiger partial charge on any atom is 0.338 e. The Kier molecular flexibility index (Phi) is 5.13. The van der Waals surface area contributed by atoms with Gasteiger partial charge in [0.1, 0.15) is 5.75 Å². The fourth-order valence-corrected chi connectivity index (χ4v) is 4.51. The average Bonchev–Trinajstić information content (AvgIpc) is 3.29. The average molecular weight is 424 g/mol. The zero-order chi connectivity index (χ0) is 21.4. The molecule has 1 aliphatic heterocycles. The second kappa shape index (κ2) is 7.75. The summed E-state index contributed by atoms with van der Waals surface area (Å²) in [6.45, 7) is 1.75. The second-order valence-corrected chi connectivity index (χ2v) is 7.80. The van der Waals surface area contributed by atoms with Gasteiger partial charge in [-0.25, -0.2) is 9.79 Å². The van der Waals surface area contributed by atoms with Crippen LogP contribution in [0.25, 0.3) is 6.08 Å². The molecule has 3 aromatic rings. The van der Waals surface area contributed by atoms with Gasteiger partial charge >= 0.3 is 5.97 Å². The van der Waals surface area contributed by atoms with Gasteiger partial charge < -0.3 is 9.47 Å². The highest BCUT2D eigenvalue weighted by molar-refractivity contribution is 7.07. The summed E-state index contributed by atoms with van der Waals surface area (Å²) < 4.78 is 14.0. The number of esters is 1. The lowest BCUT2D eigenvalue weighted by atomic mass is 9.96. The number of nitrogens with zero attached hydrogens (tertiary/aromatic N) is 4. The van der Waals surface area contributed by atoms with Gasteiger partial charge in [0.05, 0.1) is 42.3 Å². The molecule has 154 valence electrons. The van der Waals surface area contributed by atoms with Gasteiger partial charge in [-0.05, 0) is 30.7 Å². The molecule has 0 aliphatic carbocycles. The molecule has 0 amide bonds. The number of hydrogen-bond donors (Lipinski definition) is 0. The highest BCUT2D eigenvalue weighted by Gasteiger charge is 2.33. The Bertz CT molecular complexity index is 1330. The van der Waals surface area contributed by atoms with E-state index < -0.39 is 12.0 Å². The van der Waals surface area contributed by atoms with Crippen LogP contribution in [0.15, 0.2) is 57.7 Å². The van der Waals surface area contributed by atoms with Crippen LogP contribution in [0.4, 0.5) is 0 Å². The molecule has 0 N–H and O–H groups in total. The summed E-state index contributed by atoms with van der Waals surface area (Å²) in [5.74, 6) is 0.168. The van der Waals surface area contributed by atoms with E-state index in [1.807, 2.05) is 25.4 Å². The van der Waals surface area contributed by atoms with Crippen LogP contribution in [0.5, 0.6) is 5.75 Å². The van der Waals surface area contributed by atoms with Gasteiger partial charge in [-0.3, -0.25) is 14.0 Å². The number of methoxy groups -OCH3 is 2. The fraction of sp³-hybridized carbons (Fsp3) is 0.238. The van der Waals surface area contributed by atoms with Crippen molar-refractivity contribution in [2.45, 2.75) is 13.0 Å². The molecular formula is C21H20N4O4S. The molecule has 9 heteroatoms. The van der Waals surface area contributed by atoms with Gasteiger partial charge in [-0.2, -0.15) is 5.10 Å². The first-order valence-electron chi connectivity index (χ1n) is 9.16. The Labute approximate surface area is 176 Å². The molecule has 1 atom stereocenters. The molecular weight excluding hydrogens is 404 g/mol. The standard InChI is InChI=1S/C21H20N4O4S/c1-12-17(20(27)29-4)18(14-5-7-15(28-3)8-6-14)25-19(26)16(30-21(25)23-12)9-13-10-22-24(2)11-13/h5-11,18H,1-4H3/t18-/m1/s1. The first-order valence-corrected chi connectivity index (χ1v) is 9.98. The Morgan fingerprint density at radius 1 is 1.23 bits per heavy atom. The number of allylic oxidation sites excluding steroid dienone is 1. The summed E-state index contributed by atoms with van der Waals surface area (Å²) in [4.78, 5) is 31.0. The number of carbonyl (C=O) groups excluding carboxylic acids is 1. The van der Waals surface area contributed by atoms with Gasteiger partial charge in [0.25, 0.3) is 5.56 Å². The Hall–Kier alpha value is -3.46. The highest BCUT2D eigenvalue weighted by atomic mass is 32.1. The molecule has 4 rings (SSSR count). The zero-order valence-corrected chi connectivity index (χ0v) is 17.8. The third-order valence-electron chi connectivity index (χ3n) is 4.88. The van der Waals surface area contributed by atoms with Crippen molar-refractivity contribution in [2.24, 2.45) is 12.0 Å². The van der Waals surface area contributed by atoms with Crippen LogP contribution < -0.4 is 19.6 Å². The summed E-state index contributed by atoms with van der Waals surface area (Å²) in [7, 11) is 4.72. The maximum absolute atomic E-state index is 13.4. The van der Waals surface area contributed by atoms with Crippen LogP contribution in [0.2, 0.25) is 0 Å². The van der Waals surface area contributed by atoms with Crippen LogP contribution in [-0.4, -0.2) is 34.5 Å². The van der Waals surface area contributed by atoms with Crippen molar-refractivity contribution in [3.8, 4) is 5.75 Å². The second-order valence-electron chi connectivity index (χ2n) is 6.79. The van der Waals surface area contributed by atoms with E-state index >= 15 is 0 Å². The number of ether oxygens (including phenoxy) is 2. The number of aromatic nitrogens is 3. The largest absolute Gasteiger partial charge is 0.497 e. The number of thiazole rings is 1. The lowest BCUT2D eigenvalue weighted by Crippen LogP contribution is -2.39. The topological polar surface area (TPSA) is 87.7 Å². The minimum atomic E-state index is -0.643. The Balaban J connectivity index is 1.96. The van der Waals surface area contributed by atoms with Crippen molar-refractivity contribution in [3.63, 3.8) is 0 Å². The number of fused-ring (bicyclic) bond motifs is 1. The van der Waals surface area contributed by atoms with Crippen LogP contribution in [0, 0.1) is 0 Å². The summed E-state index contributed by atoms with van der Waals surface area (Å²) in [6, 6.07) is 6.62. The summed E-state index contributed by atoms with van der Waals surface area (Å²) in [6.07, 6.45) is 5.29. The molecule has 1 aromatic carbocycles. The van der Waals surface area contributed by atoms with Gasteiger partial charge in [-0.15, -0.1) is 0 Å². The molecule has 0 bridgehead atoms. The van der Waals surface area contributed by atoms with Crippen molar-refractivity contribution in [1.29, 1.82) is 0 Å². The predicted octanol–water partition coefficient (Wildman–Crippen LogP) is 1.15. The van der Waals surface area contributed by atoms with Crippen LogP contribution in [0.3, 0.4) is 0 Å². The third-order valence-corrected chi connectivity index (χ3v) is 5.86. The molecule has 8 nitrogen and oxygen atoms in total. The highest BCUT2D eigenvalue weighted by Crippen LogP contribution is 2.31. The monoisotopic (exact) mass is 424 g/mol. The summed E-state index contributed by atoms with van der Waals surface area (Å²) in [5.41, 5.74) is 2.21. The van der Waals surface area contributed by atoms with Crippen molar-refractivity contribution in [3.05, 3.63) is 78.7 Å². The van der Waals surface area contributed by atoms with Gasteiger partial charge in [-0.1, -0.05) is 23.5 Å². The lowest BCUT2D eigenvalue weighted by molar-refractivity contribution is -0.136. The Morgan fingerprint density at radius 3 is 2.57 bits per heavy atom. The molecule has 3 heterocycles. The van der Waals surface area contributed by atoms with Crippen LogP contribution in [-0.2, 0) is 16.6 Å². The predicted molar refractivity (Wildman–Crippen MR) is 112 cm³/mol. The van der Waals surface area contributed by atoms with E-state index in [-0.39, 0.29) is 5.56 Å². The first kappa shape index (κ1) is 19.8. The smallest absolute Gasteiger partial charge is 0.338 e. The quantitative estimate of drug-likeness (QED) is 0.587. The van der Waals surface area contributed by atoms with E-state index in [0.717, 1.165) is 11.1 Å². The summed E-state index contributed by atoms with van der Waals surface area (Å²) in [5, 5.41) is 4.14. The van der Waals surface area contributed by atoms with Crippen molar-refractivity contribution in [2.75, 3.05) is 14.2 Å². The summed E-state index contributed by atoms with van der Waals surface area (Å²) >= 11 is 1.28. The SMILES string of the molecule is COC(=O)C1=C(C)N=c2sc(=Cc3cnn(C)c3)c(=O)n2[C@@H]1c1ccc(OC)cc1. The molecule has 1 aliphatic rings. The molecule has 0 unspecified atom stereocenters. The van der Waals surface area contributed by atoms with E-state index in [4.69, 9.17) is 9.47 Å². The first-order chi connectivity index (χ1) is 14.4. The van der Waals surface area contributed by atoms with E-state index in [0.29, 0.717) is 26.4 Å². The normalized spacial score (nSPS) is 16.3. The van der Waals surface area contributed by atoms with E-state index in [9.17, 15) is 9.59 Å². The number of aryl methyl sites for hydroxylation is 1. The number of benzene rings is 1. The molecule has 0 fully saturated rings.